The molecule has 348 valence electrons. The van der Waals surface area contributed by atoms with Gasteiger partial charge in [-0.2, -0.15) is 5.10 Å². The molecule has 57 heavy (non-hydrogen) atoms. The monoisotopic (exact) mass is 867 g/mol. The third-order valence-electron chi connectivity index (χ3n) is 1.97. The van der Waals surface area contributed by atoms with Crippen LogP contribution in [0.15, 0.2) is 71.9 Å². The number of aryl methyl sites for hydroxylation is 2. The number of aromatic nitrogens is 6. The lowest BCUT2D eigenvalue weighted by Crippen LogP contribution is -1.83. The van der Waals surface area contributed by atoms with Gasteiger partial charge >= 0.3 is 0 Å². The zero-order chi connectivity index (χ0) is 46.2. The molecule has 4 rings (SSSR count). The fourth-order valence-electron chi connectivity index (χ4n) is 1.02. The molecule has 20 heteroatoms. The predicted molar refractivity (Wildman–Crippen MR) is 253 cm³/mol. The largest absolute Gasteiger partial charge is 0.341 e. The minimum Gasteiger partial charge on any atom is -0.341 e. The first-order valence-electron chi connectivity index (χ1n) is 17.6. The first-order chi connectivity index (χ1) is 25.7. The first kappa shape index (κ1) is 98.9. The molecule has 4 heterocycles. The van der Waals surface area contributed by atoms with Gasteiger partial charge in [0, 0.05) is 81.7 Å². The molecule has 0 atom stereocenters. The smallest absolute Gasteiger partial charge is 0.194 e. The van der Waals surface area contributed by atoms with Crippen molar-refractivity contribution in [3.8, 4) is 0 Å². The maximum absolute atomic E-state index is 8.81. The van der Waals surface area contributed by atoms with E-state index >= 15 is 0 Å². The summed E-state index contributed by atoms with van der Waals surface area (Å²) in [5.41, 5.74) is 1.79. The van der Waals surface area contributed by atoms with Crippen LogP contribution in [-0.2, 0) is 14.1 Å². The van der Waals surface area contributed by atoms with Crippen LogP contribution in [0.3, 0.4) is 0 Å². The predicted octanol–water partition coefficient (Wildman–Crippen LogP) is 12.8. The molecule has 0 unspecified atom stereocenters. The molecule has 0 spiro atoms. The number of hydrogen-bond acceptors (Lipinski definition) is 14. The molecular weight excluding hydrogens is 777 g/mol. The molecular formula is C37H90N10O8S2. The Morgan fingerprint density at radius 3 is 0.912 bits per heavy atom. The van der Waals surface area contributed by atoms with Crippen LogP contribution >= 0.6 is 22.9 Å². The number of imidazole rings is 1. The van der Waals surface area contributed by atoms with Crippen LogP contribution in [0.1, 0.15) is 133 Å². The highest BCUT2D eigenvalue weighted by Gasteiger charge is 1.70. The topological polar surface area (TPSA) is 234 Å². The van der Waals surface area contributed by atoms with Gasteiger partial charge in [0.1, 0.15) is 0 Å². The molecule has 18 nitrogen and oxygen atoms in total. The Labute approximate surface area is 358 Å². The van der Waals surface area contributed by atoms with Crippen LogP contribution in [0.2, 0.25) is 0 Å². The van der Waals surface area contributed by atoms with Crippen molar-refractivity contribution in [2.24, 2.45) is 14.1 Å². The highest BCUT2D eigenvalue weighted by atomic mass is 32.1. The first-order valence-corrected chi connectivity index (χ1v) is 19.3. The average Bonchev–Trinajstić information content (AvgIpc) is 4.03. The summed E-state index contributed by atoms with van der Waals surface area (Å²) in [6.07, 6.45) is 12.6. The van der Waals surface area contributed by atoms with Crippen molar-refractivity contribution in [3.05, 3.63) is 112 Å². The highest BCUT2D eigenvalue weighted by Crippen LogP contribution is 1.86. The van der Waals surface area contributed by atoms with Gasteiger partial charge < -0.3 is 4.57 Å². The zero-order valence-electron chi connectivity index (χ0n) is 37.5. The molecule has 0 N–H and O–H groups in total. The molecule has 0 aliphatic rings. The fourth-order valence-corrected chi connectivity index (χ4v) is 1.73. The van der Waals surface area contributed by atoms with Gasteiger partial charge in [0.05, 0.1) is 11.8 Å². The van der Waals surface area contributed by atoms with Gasteiger partial charge in [0.15, 0.2) is 28.2 Å². The quantitative estimate of drug-likeness (QED) is 0.119. The Kier molecular flexibility index (Phi) is 230. The molecule has 0 aliphatic carbocycles. The van der Waals surface area contributed by atoms with Crippen molar-refractivity contribution in [3.63, 3.8) is 0 Å². The Hall–Kier alpha value is -4.72. The van der Waals surface area contributed by atoms with E-state index in [0.29, 0.717) is 0 Å². The molecule has 4 aromatic heterocycles. The Balaban J connectivity index is -0.0000000258. The maximum Gasteiger partial charge on any atom is 0.194 e. The summed E-state index contributed by atoms with van der Waals surface area (Å²) in [7, 11) is 7.38. The number of nitrogens with zero attached hydrogens (tertiary/aromatic N) is 10. The van der Waals surface area contributed by atoms with Gasteiger partial charge in [-0.15, -0.1) is 11.3 Å². The summed E-state index contributed by atoms with van der Waals surface area (Å²) in [4.78, 5) is 40.7. The van der Waals surface area contributed by atoms with Crippen LogP contribution in [0, 0.1) is 40.5 Å². The molecule has 0 saturated carbocycles. The average molecular weight is 867 g/mol. The van der Waals surface area contributed by atoms with E-state index in [1.165, 1.54) is 11.5 Å². The van der Waals surface area contributed by atoms with Crippen molar-refractivity contribution in [2.75, 3.05) is 28.2 Å². The number of rotatable bonds is 0. The van der Waals surface area contributed by atoms with E-state index in [1.54, 1.807) is 52.6 Å². The normalized spacial score (nSPS) is 5.86. The summed E-state index contributed by atoms with van der Waals surface area (Å²) in [5.74, 6) is 0. The van der Waals surface area contributed by atoms with E-state index in [1.807, 2.05) is 165 Å². The van der Waals surface area contributed by atoms with Crippen LogP contribution < -0.4 is 0 Å². The lowest BCUT2D eigenvalue weighted by Gasteiger charge is -1.77. The second-order valence-electron chi connectivity index (χ2n) is 5.53. The molecule has 0 amide bonds. The van der Waals surface area contributed by atoms with Gasteiger partial charge in [-0.05, 0) is 23.7 Å². The molecule has 0 radical (unpaired) electrons. The third-order valence-corrected chi connectivity index (χ3v) is 3.01. The van der Waals surface area contributed by atoms with Crippen molar-refractivity contribution in [2.45, 2.75) is 133 Å². The van der Waals surface area contributed by atoms with Crippen molar-refractivity contribution < 1.29 is 19.7 Å². The molecule has 0 saturated heterocycles. The van der Waals surface area contributed by atoms with Gasteiger partial charge in [0.2, 0.25) is 0 Å². The van der Waals surface area contributed by atoms with Crippen molar-refractivity contribution in [1.29, 1.82) is 0 Å². The van der Waals surface area contributed by atoms with Gasteiger partial charge in [0.25, 0.3) is 0 Å². The van der Waals surface area contributed by atoms with E-state index in [9.17, 15) is 0 Å². The van der Waals surface area contributed by atoms with E-state index in [4.69, 9.17) is 40.5 Å². The molecule has 4 aromatic rings. The minimum absolute atomic E-state index is 0. The molecule has 0 fully saturated rings. The van der Waals surface area contributed by atoms with Crippen LogP contribution in [0.5, 0.6) is 0 Å². The number of thiazole rings is 1. The molecule has 0 aromatic carbocycles. The number of hydrogen-bond donors (Lipinski definition) is 0. The highest BCUT2D eigenvalue weighted by molar-refractivity contribution is 7.07. The Morgan fingerprint density at radius 2 is 0.842 bits per heavy atom. The lowest BCUT2D eigenvalue weighted by molar-refractivity contribution is -0.445. The van der Waals surface area contributed by atoms with E-state index < -0.39 is 19.7 Å². The molecule has 0 bridgehead atoms. The lowest BCUT2D eigenvalue weighted by atomic mass is 10.8. The van der Waals surface area contributed by atoms with Gasteiger partial charge in [-0.1, -0.05) is 133 Å². The Bertz CT molecular complexity index is 859. The van der Waals surface area contributed by atoms with Crippen LogP contribution in [0.4, 0.5) is 0 Å². The summed E-state index contributed by atoms with van der Waals surface area (Å²) < 4.78 is 7.40. The summed E-state index contributed by atoms with van der Waals surface area (Å²) in [5, 5.41) is 42.9. The maximum atomic E-state index is 8.81. The van der Waals surface area contributed by atoms with Crippen molar-refractivity contribution >= 4 is 22.9 Å². The summed E-state index contributed by atoms with van der Waals surface area (Å²) in [6.45, 7) is 32.0. The molecule has 0 aliphatic heterocycles. The SMILES string of the molecule is C.C.C.CC.CC.CC.CC.CC.CC.CC.CC.C[N+](=O)[O-].C[N+](=O)[O-].C[N+](=O)[O-].C[N+](=O)[O-].Cn1cccn1.Cn1ccnc1.c1cnsc1.c1cscn1. The Morgan fingerprint density at radius 1 is 0.491 bits per heavy atom. The fraction of sp³-hybridized carbons (Fsp3) is 0.676. The minimum atomic E-state index is -0.500. The standard InChI is InChI=1S/2C4H6N2.2C3H3NS.8C2H6.4CH3NO2.3CH4/c1-6-3-2-5-4-6;1-6-4-2-3-5-6;1-2-5-3-4-1;1-2-4-5-3-1;8*1-2;4*1-2(3)4;;;/h2*2-4H,1H3;2*1-3H;8*1-2H3;4*1H3;3*1H4. The summed E-state index contributed by atoms with van der Waals surface area (Å²) >= 11 is 3.06. The van der Waals surface area contributed by atoms with E-state index in [-0.39, 0.29) is 22.3 Å². The second kappa shape index (κ2) is 132. The second-order valence-corrected chi connectivity index (χ2v) is 6.98. The van der Waals surface area contributed by atoms with E-state index in [0.717, 1.165) is 28.2 Å². The third kappa shape index (κ3) is 335. The van der Waals surface area contributed by atoms with Crippen LogP contribution in [-0.4, -0.2) is 76.6 Å². The van der Waals surface area contributed by atoms with E-state index in [2.05, 4.69) is 19.4 Å². The van der Waals surface area contributed by atoms with Crippen LogP contribution in [0.25, 0.3) is 0 Å². The zero-order valence-corrected chi connectivity index (χ0v) is 39.1. The summed E-state index contributed by atoms with van der Waals surface area (Å²) in [6, 6.07) is 3.80. The van der Waals surface area contributed by atoms with Crippen molar-refractivity contribution in [1.82, 2.24) is 28.7 Å². The van der Waals surface area contributed by atoms with Gasteiger partial charge in [-0.25, -0.2) is 9.36 Å². The number of nitro groups is 4. The van der Waals surface area contributed by atoms with Gasteiger partial charge in [-0.3, -0.25) is 50.1 Å².